The van der Waals surface area contributed by atoms with E-state index in [0.717, 1.165) is 23.3 Å². The summed E-state index contributed by atoms with van der Waals surface area (Å²) in [4.78, 5) is 15.1. The first kappa shape index (κ1) is 18.7. The lowest BCUT2D eigenvalue weighted by atomic mass is 9.64. The van der Waals surface area contributed by atoms with Gasteiger partial charge in [0.15, 0.2) is 0 Å². The Kier molecular flexibility index (Phi) is 4.30. The summed E-state index contributed by atoms with van der Waals surface area (Å²) < 4.78 is 6.23. The zero-order valence-corrected chi connectivity index (χ0v) is 16.0. The van der Waals surface area contributed by atoms with Crippen LogP contribution in [0, 0.1) is 10.1 Å². The number of hydrogen-bond acceptors (Lipinski definition) is 5. The van der Waals surface area contributed by atoms with E-state index in [1.165, 1.54) is 5.57 Å². The Morgan fingerprint density at radius 1 is 1.42 bits per heavy atom. The molecular formula is C20H27NO5. The molecule has 1 aliphatic heterocycles. The van der Waals surface area contributed by atoms with Crippen LogP contribution in [0.25, 0.3) is 0 Å². The lowest BCUT2D eigenvalue weighted by molar-refractivity contribution is -0.759. The van der Waals surface area contributed by atoms with E-state index >= 15 is 0 Å². The van der Waals surface area contributed by atoms with Gasteiger partial charge in [0.25, 0.3) is 5.09 Å². The zero-order valence-electron chi connectivity index (χ0n) is 16.0. The first-order chi connectivity index (χ1) is 12.0. The van der Waals surface area contributed by atoms with Crippen molar-refractivity contribution in [3.05, 3.63) is 51.1 Å². The summed E-state index contributed by atoms with van der Waals surface area (Å²) in [7, 11) is 0. The summed E-state index contributed by atoms with van der Waals surface area (Å²) in [5, 5.41) is 21.2. The predicted octanol–water partition coefficient (Wildman–Crippen LogP) is 3.90. The zero-order chi connectivity index (χ0) is 19.3. The van der Waals surface area contributed by atoms with Crippen LogP contribution in [0.5, 0.6) is 5.75 Å². The van der Waals surface area contributed by atoms with Crippen LogP contribution in [-0.4, -0.2) is 28.0 Å². The number of ether oxygens (including phenoxy) is 1. The van der Waals surface area contributed by atoms with E-state index in [4.69, 9.17) is 4.74 Å². The Balaban J connectivity index is 2.03. The van der Waals surface area contributed by atoms with Crippen LogP contribution >= 0.6 is 0 Å². The summed E-state index contributed by atoms with van der Waals surface area (Å²) in [6.07, 6.45) is 3.67. The lowest BCUT2D eigenvalue weighted by Gasteiger charge is -2.52. The Hall–Kier alpha value is -2.08. The maximum Gasteiger partial charge on any atom is 0.294 e. The van der Waals surface area contributed by atoms with Gasteiger partial charge in [-0.15, -0.1) is 10.1 Å². The van der Waals surface area contributed by atoms with Crippen LogP contribution in [-0.2, 0) is 10.3 Å². The molecule has 0 radical (unpaired) electrons. The van der Waals surface area contributed by atoms with E-state index < -0.39 is 21.7 Å². The molecule has 0 saturated heterocycles. The van der Waals surface area contributed by atoms with Crippen LogP contribution in [0.3, 0.4) is 0 Å². The highest BCUT2D eigenvalue weighted by Crippen LogP contribution is 2.53. The molecule has 26 heavy (non-hydrogen) atoms. The maximum atomic E-state index is 11.4. The Labute approximate surface area is 153 Å². The number of benzene rings is 1. The second kappa shape index (κ2) is 5.98. The van der Waals surface area contributed by atoms with Gasteiger partial charge in [0, 0.05) is 16.9 Å². The molecule has 3 rings (SSSR count). The number of fused-ring (bicyclic) bond motifs is 3. The van der Waals surface area contributed by atoms with Gasteiger partial charge in [-0.1, -0.05) is 37.6 Å². The molecule has 2 aliphatic rings. The number of hydrogen-bond donors (Lipinski definition) is 1. The monoisotopic (exact) mass is 361 g/mol. The van der Waals surface area contributed by atoms with E-state index in [1.807, 2.05) is 45.9 Å². The average Bonchev–Trinajstić information content (AvgIpc) is 2.54. The molecule has 0 amide bonds. The van der Waals surface area contributed by atoms with Crippen molar-refractivity contribution in [3.8, 4) is 5.75 Å². The Morgan fingerprint density at radius 2 is 2.12 bits per heavy atom. The molecule has 6 heteroatoms. The second-order valence-corrected chi connectivity index (χ2v) is 8.66. The predicted molar refractivity (Wildman–Crippen MR) is 97.8 cm³/mol. The second-order valence-electron chi connectivity index (χ2n) is 8.66. The van der Waals surface area contributed by atoms with Gasteiger partial charge in [0.1, 0.15) is 23.6 Å². The topological polar surface area (TPSA) is 81.8 Å². The van der Waals surface area contributed by atoms with E-state index in [9.17, 15) is 15.2 Å². The quantitative estimate of drug-likeness (QED) is 0.500. The molecule has 0 saturated carbocycles. The van der Waals surface area contributed by atoms with Crippen molar-refractivity contribution in [1.82, 2.24) is 0 Å². The minimum absolute atomic E-state index is 0.0332. The molecule has 1 aromatic carbocycles. The first-order valence-electron chi connectivity index (χ1n) is 8.97. The van der Waals surface area contributed by atoms with Crippen LogP contribution in [0.15, 0.2) is 29.8 Å². The lowest BCUT2D eigenvalue weighted by Crippen LogP contribution is -2.60. The van der Waals surface area contributed by atoms with Crippen LogP contribution in [0.2, 0.25) is 0 Å². The number of rotatable bonds is 4. The standard InChI is InChI=1S/C20H27NO5/c1-13-8-9-20(22)16(10-13)15-7-6-14(11-17(15)26-19(20,4)5)18(2,3)12-25-21(23)24/h6-7,10-11,16,22H,8-9,12H2,1-5H3/t16-,20-/m1/s1. The molecular weight excluding hydrogens is 334 g/mol. The summed E-state index contributed by atoms with van der Waals surface area (Å²) in [6.45, 7) is 9.69. The molecule has 6 nitrogen and oxygen atoms in total. The molecule has 0 unspecified atom stereocenters. The van der Waals surface area contributed by atoms with Gasteiger partial charge < -0.3 is 14.7 Å². The van der Waals surface area contributed by atoms with Crippen molar-refractivity contribution >= 4 is 0 Å². The molecule has 0 fully saturated rings. The van der Waals surface area contributed by atoms with Gasteiger partial charge in [-0.2, -0.15) is 0 Å². The van der Waals surface area contributed by atoms with Gasteiger partial charge in [-0.05, 0) is 45.2 Å². The fraction of sp³-hybridized carbons (Fsp3) is 0.600. The van der Waals surface area contributed by atoms with Crippen LogP contribution in [0.4, 0.5) is 0 Å². The number of aliphatic hydroxyl groups is 1. The normalized spacial score (nSPS) is 26.8. The van der Waals surface area contributed by atoms with Gasteiger partial charge >= 0.3 is 0 Å². The Bertz CT molecular complexity index is 767. The van der Waals surface area contributed by atoms with Crippen LogP contribution in [0.1, 0.15) is 64.5 Å². The Morgan fingerprint density at radius 3 is 2.77 bits per heavy atom. The van der Waals surface area contributed by atoms with Crippen molar-refractivity contribution in [2.45, 2.75) is 70.0 Å². The summed E-state index contributed by atoms with van der Waals surface area (Å²) in [5.74, 6) is 0.601. The van der Waals surface area contributed by atoms with Crippen molar-refractivity contribution in [2.75, 3.05) is 6.61 Å². The highest BCUT2D eigenvalue weighted by Gasteiger charge is 2.55. The van der Waals surface area contributed by atoms with Crippen molar-refractivity contribution < 1.29 is 19.8 Å². The molecule has 1 N–H and O–H groups in total. The first-order valence-corrected chi connectivity index (χ1v) is 8.97. The fourth-order valence-electron chi connectivity index (χ4n) is 4.03. The van der Waals surface area contributed by atoms with Gasteiger partial charge in [0.05, 0.1) is 0 Å². The van der Waals surface area contributed by atoms with Gasteiger partial charge in [0.2, 0.25) is 0 Å². The number of allylic oxidation sites excluding steroid dienone is 1. The largest absolute Gasteiger partial charge is 0.485 e. The molecule has 0 spiro atoms. The van der Waals surface area contributed by atoms with E-state index in [-0.39, 0.29) is 12.5 Å². The molecule has 1 aliphatic carbocycles. The van der Waals surface area contributed by atoms with Crippen LogP contribution < -0.4 is 4.74 Å². The van der Waals surface area contributed by atoms with Crippen molar-refractivity contribution in [3.63, 3.8) is 0 Å². The minimum atomic E-state index is -0.953. The van der Waals surface area contributed by atoms with E-state index in [0.29, 0.717) is 6.42 Å². The molecule has 0 aromatic heterocycles. The van der Waals surface area contributed by atoms with Gasteiger partial charge in [-0.3, -0.25) is 0 Å². The highest BCUT2D eigenvalue weighted by atomic mass is 16.9. The minimum Gasteiger partial charge on any atom is -0.485 e. The molecule has 0 bridgehead atoms. The SMILES string of the molecule is CC1=C[C@@H]2c3ccc(C(C)(C)CO[N+](=O)[O-])cc3OC(C)(C)[C@@]2(O)CC1. The molecule has 1 heterocycles. The molecule has 2 atom stereocenters. The third kappa shape index (κ3) is 2.96. The highest BCUT2D eigenvalue weighted by molar-refractivity contribution is 5.49. The maximum absolute atomic E-state index is 11.4. The van der Waals surface area contributed by atoms with Gasteiger partial charge in [-0.25, -0.2) is 0 Å². The summed E-state index contributed by atoms with van der Waals surface area (Å²) >= 11 is 0. The average molecular weight is 361 g/mol. The number of nitrogens with zero attached hydrogens (tertiary/aromatic N) is 1. The van der Waals surface area contributed by atoms with E-state index in [1.54, 1.807) is 0 Å². The molecule has 1 aromatic rings. The smallest absolute Gasteiger partial charge is 0.294 e. The van der Waals surface area contributed by atoms with Crippen molar-refractivity contribution in [1.29, 1.82) is 0 Å². The van der Waals surface area contributed by atoms with Crippen molar-refractivity contribution in [2.24, 2.45) is 0 Å². The summed E-state index contributed by atoms with van der Waals surface area (Å²) in [6, 6.07) is 5.85. The third-order valence-corrected chi connectivity index (χ3v) is 5.93. The fourth-order valence-corrected chi connectivity index (χ4v) is 4.03. The van der Waals surface area contributed by atoms with E-state index in [2.05, 4.69) is 17.8 Å². The third-order valence-electron chi connectivity index (χ3n) is 5.93. The summed E-state index contributed by atoms with van der Waals surface area (Å²) in [5.41, 5.74) is 0.901. The molecule has 142 valence electrons.